The molecule has 4 atom stereocenters. The Morgan fingerprint density at radius 2 is 1.72 bits per heavy atom. The molecule has 1 saturated carbocycles. The fraction of sp³-hybridized carbons (Fsp3) is 0.400. The molecule has 39 heavy (non-hydrogen) atoms. The second kappa shape index (κ2) is 10.7. The summed E-state index contributed by atoms with van der Waals surface area (Å²) in [7, 11) is 0. The van der Waals surface area contributed by atoms with Crippen LogP contribution in [0.15, 0.2) is 41.8 Å². The predicted molar refractivity (Wildman–Crippen MR) is 154 cm³/mol. The Morgan fingerprint density at radius 1 is 1.03 bits per heavy atom. The van der Waals surface area contributed by atoms with Gasteiger partial charge in [0.05, 0.1) is 12.0 Å². The Balaban J connectivity index is 1.72. The third-order valence-electron chi connectivity index (χ3n) is 8.06. The van der Waals surface area contributed by atoms with Gasteiger partial charge in [-0.2, -0.15) is 0 Å². The SMILES string of the molecule is CC(=O)Nc1ccc(C2C(C(=O)c3cc(C)sc3C)C(c3sccc3C)N(C(=O)C3CCC3)C2C(N)=O)cc1. The number of hydrogen-bond acceptors (Lipinski definition) is 6. The van der Waals surface area contributed by atoms with Crippen LogP contribution >= 0.6 is 22.7 Å². The van der Waals surface area contributed by atoms with Crippen molar-refractivity contribution in [3.63, 3.8) is 0 Å². The van der Waals surface area contributed by atoms with Gasteiger partial charge in [-0.25, -0.2) is 0 Å². The van der Waals surface area contributed by atoms with Gasteiger partial charge in [-0.15, -0.1) is 22.7 Å². The van der Waals surface area contributed by atoms with Gasteiger partial charge in [0, 0.05) is 44.6 Å². The molecule has 7 nitrogen and oxygen atoms in total. The average molecular weight is 564 g/mol. The number of anilines is 1. The molecule has 2 aliphatic rings. The number of nitrogens with zero attached hydrogens (tertiary/aromatic N) is 1. The largest absolute Gasteiger partial charge is 0.368 e. The lowest BCUT2D eigenvalue weighted by atomic mass is 9.76. The van der Waals surface area contributed by atoms with E-state index in [1.165, 1.54) is 18.3 Å². The van der Waals surface area contributed by atoms with E-state index in [4.69, 9.17) is 5.73 Å². The standard InChI is InChI=1S/C30H33N3O4S2/c1-15-12-13-38-28(15)25-24(27(35)22-14-16(2)39-17(22)3)23(19-8-10-21(11-9-19)32-18(4)34)26(29(31)36)33(25)30(37)20-6-5-7-20/h8-14,20,23-26H,5-7H2,1-4H3,(H2,31,36)(H,32,34). The minimum Gasteiger partial charge on any atom is -0.368 e. The third kappa shape index (κ3) is 4.94. The van der Waals surface area contributed by atoms with Crippen LogP contribution in [0.1, 0.15) is 74.3 Å². The normalized spacial score (nSPS) is 22.9. The molecular formula is C30H33N3O4S2. The maximum absolute atomic E-state index is 14.5. The molecular weight excluding hydrogens is 530 g/mol. The van der Waals surface area contributed by atoms with E-state index in [1.807, 2.05) is 50.4 Å². The number of aryl methyl sites for hydroxylation is 3. The van der Waals surface area contributed by atoms with Gasteiger partial charge < -0.3 is 16.0 Å². The second-order valence-electron chi connectivity index (χ2n) is 10.7. The number of nitrogens with one attached hydrogen (secondary N) is 1. The first-order chi connectivity index (χ1) is 18.6. The van der Waals surface area contributed by atoms with Crippen LogP contribution in [0, 0.1) is 32.6 Å². The fourth-order valence-corrected chi connectivity index (χ4v) is 8.09. The number of primary amides is 1. The Labute approximate surface area is 236 Å². The van der Waals surface area contributed by atoms with Crippen molar-refractivity contribution in [2.45, 2.75) is 65.0 Å². The number of likely N-dealkylation sites (tertiary alicyclic amines) is 1. The number of carbonyl (C=O) groups excluding carboxylic acids is 4. The van der Waals surface area contributed by atoms with Crippen LogP contribution in [0.2, 0.25) is 0 Å². The number of Topliss-reactive ketones (excluding diaryl/α,β-unsaturated/α-hetero) is 1. The quantitative estimate of drug-likeness (QED) is 0.369. The third-order valence-corrected chi connectivity index (χ3v) is 10.1. The monoisotopic (exact) mass is 563 g/mol. The summed E-state index contributed by atoms with van der Waals surface area (Å²) in [6.07, 6.45) is 2.51. The number of carbonyl (C=O) groups is 4. The Hall–Kier alpha value is -3.30. The summed E-state index contributed by atoms with van der Waals surface area (Å²) in [6, 6.07) is 9.49. The van der Waals surface area contributed by atoms with Gasteiger partial charge in [0.25, 0.3) is 0 Å². The average Bonchev–Trinajstić information content (AvgIpc) is 3.51. The van der Waals surface area contributed by atoms with E-state index in [1.54, 1.807) is 28.4 Å². The highest BCUT2D eigenvalue weighted by Crippen LogP contribution is 2.54. The summed E-state index contributed by atoms with van der Waals surface area (Å²) in [4.78, 5) is 58.0. The lowest BCUT2D eigenvalue weighted by Crippen LogP contribution is -2.49. The second-order valence-corrected chi connectivity index (χ2v) is 13.1. The highest BCUT2D eigenvalue weighted by molar-refractivity contribution is 7.12. The summed E-state index contributed by atoms with van der Waals surface area (Å²) in [5.41, 5.74) is 9.06. The van der Waals surface area contributed by atoms with Gasteiger partial charge in [-0.05, 0) is 74.4 Å². The number of rotatable bonds is 7. The zero-order valence-electron chi connectivity index (χ0n) is 22.5. The molecule has 2 aromatic heterocycles. The van der Waals surface area contributed by atoms with Crippen molar-refractivity contribution < 1.29 is 19.2 Å². The van der Waals surface area contributed by atoms with Crippen LogP contribution < -0.4 is 11.1 Å². The molecule has 0 bridgehead atoms. The molecule has 0 radical (unpaired) electrons. The molecule has 9 heteroatoms. The first-order valence-electron chi connectivity index (χ1n) is 13.2. The molecule has 0 spiro atoms. The number of nitrogens with two attached hydrogens (primary N) is 1. The van der Waals surface area contributed by atoms with Crippen molar-refractivity contribution in [3.05, 3.63) is 73.1 Å². The van der Waals surface area contributed by atoms with Crippen LogP contribution in [0.5, 0.6) is 0 Å². The number of hydrogen-bond donors (Lipinski definition) is 2. The summed E-state index contributed by atoms with van der Waals surface area (Å²) < 4.78 is 0. The zero-order valence-corrected chi connectivity index (χ0v) is 24.2. The molecule has 3 aromatic rings. The summed E-state index contributed by atoms with van der Waals surface area (Å²) in [5, 5.41) is 4.73. The van der Waals surface area contributed by atoms with Crippen LogP contribution in [0.4, 0.5) is 5.69 Å². The van der Waals surface area contributed by atoms with E-state index in [9.17, 15) is 19.2 Å². The Kier molecular flexibility index (Phi) is 7.48. The zero-order chi connectivity index (χ0) is 28.0. The lowest BCUT2D eigenvalue weighted by molar-refractivity contribution is -0.145. The number of amides is 3. The summed E-state index contributed by atoms with van der Waals surface area (Å²) in [5.74, 6) is -2.51. The van der Waals surface area contributed by atoms with Crippen molar-refractivity contribution in [2.75, 3.05) is 5.32 Å². The highest BCUT2D eigenvalue weighted by Gasteiger charge is 2.58. The van der Waals surface area contributed by atoms with Gasteiger partial charge in [-0.3, -0.25) is 19.2 Å². The van der Waals surface area contributed by atoms with Crippen molar-refractivity contribution in [2.24, 2.45) is 17.6 Å². The summed E-state index contributed by atoms with van der Waals surface area (Å²) in [6.45, 7) is 7.33. The van der Waals surface area contributed by atoms with Gasteiger partial charge in [0.2, 0.25) is 17.7 Å². The topological polar surface area (TPSA) is 110 Å². The molecule has 2 fully saturated rings. The maximum Gasteiger partial charge on any atom is 0.240 e. The molecule has 204 valence electrons. The highest BCUT2D eigenvalue weighted by atomic mass is 32.1. The van der Waals surface area contributed by atoms with E-state index in [-0.39, 0.29) is 23.5 Å². The van der Waals surface area contributed by atoms with Gasteiger partial charge in [-0.1, -0.05) is 18.6 Å². The van der Waals surface area contributed by atoms with Crippen LogP contribution in [0.3, 0.4) is 0 Å². The van der Waals surface area contributed by atoms with Gasteiger partial charge >= 0.3 is 0 Å². The molecule has 4 unspecified atom stereocenters. The van der Waals surface area contributed by atoms with E-state index in [0.717, 1.165) is 45.0 Å². The van der Waals surface area contributed by atoms with Crippen molar-refractivity contribution in [1.82, 2.24) is 4.90 Å². The van der Waals surface area contributed by atoms with E-state index in [2.05, 4.69) is 5.32 Å². The number of benzene rings is 1. The predicted octanol–water partition coefficient (Wildman–Crippen LogP) is 5.51. The lowest BCUT2D eigenvalue weighted by Gasteiger charge is -2.36. The van der Waals surface area contributed by atoms with Gasteiger partial charge in [0.1, 0.15) is 6.04 Å². The number of thiophene rings is 2. The molecule has 3 heterocycles. The molecule has 1 aliphatic heterocycles. The van der Waals surface area contributed by atoms with Crippen molar-refractivity contribution in [3.8, 4) is 0 Å². The Bertz CT molecular complexity index is 1440. The first kappa shape index (κ1) is 27.3. The summed E-state index contributed by atoms with van der Waals surface area (Å²) >= 11 is 3.07. The molecule has 3 amide bonds. The van der Waals surface area contributed by atoms with Gasteiger partial charge in [0.15, 0.2) is 5.78 Å². The molecule has 1 saturated heterocycles. The molecule has 5 rings (SSSR count). The van der Waals surface area contributed by atoms with Crippen LogP contribution in [0.25, 0.3) is 0 Å². The van der Waals surface area contributed by atoms with Crippen molar-refractivity contribution in [1.29, 1.82) is 0 Å². The van der Waals surface area contributed by atoms with Crippen LogP contribution in [-0.4, -0.2) is 34.4 Å². The van der Waals surface area contributed by atoms with E-state index >= 15 is 0 Å². The van der Waals surface area contributed by atoms with E-state index in [0.29, 0.717) is 11.3 Å². The maximum atomic E-state index is 14.5. The smallest absolute Gasteiger partial charge is 0.240 e. The van der Waals surface area contributed by atoms with Crippen LogP contribution in [-0.2, 0) is 14.4 Å². The van der Waals surface area contributed by atoms with E-state index < -0.39 is 29.8 Å². The molecule has 1 aliphatic carbocycles. The first-order valence-corrected chi connectivity index (χ1v) is 14.9. The number of ketones is 1. The fourth-order valence-electron chi connectivity index (χ4n) is 6.09. The van der Waals surface area contributed by atoms with Crippen molar-refractivity contribution >= 4 is 51.9 Å². The molecule has 3 N–H and O–H groups in total. The Morgan fingerprint density at radius 3 is 2.21 bits per heavy atom. The molecule has 1 aromatic carbocycles. The minimum absolute atomic E-state index is 0.0826. The minimum atomic E-state index is -0.981.